The summed E-state index contributed by atoms with van der Waals surface area (Å²) < 4.78 is 30.2. The predicted molar refractivity (Wildman–Crippen MR) is 91.1 cm³/mol. The Bertz CT molecular complexity index is 898. The van der Waals surface area contributed by atoms with Gasteiger partial charge in [-0.3, -0.25) is 15.2 Å². The summed E-state index contributed by atoms with van der Waals surface area (Å²) in [7, 11) is 1.42. The van der Waals surface area contributed by atoms with Crippen LogP contribution in [0.3, 0.4) is 0 Å². The second-order valence-electron chi connectivity index (χ2n) is 5.09. The maximum Gasteiger partial charge on any atom is 0.288 e. The first-order valence-corrected chi connectivity index (χ1v) is 7.61. The van der Waals surface area contributed by atoms with Gasteiger partial charge in [0.15, 0.2) is 0 Å². The van der Waals surface area contributed by atoms with Crippen molar-refractivity contribution in [3.63, 3.8) is 0 Å². The highest BCUT2D eigenvalue weighted by Crippen LogP contribution is 2.31. The molecule has 0 atom stereocenters. The molecule has 0 bridgehead atoms. The van der Waals surface area contributed by atoms with Crippen molar-refractivity contribution in [3.8, 4) is 0 Å². The van der Waals surface area contributed by atoms with Crippen molar-refractivity contribution in [1.29, 1.82) is 0 Å². The molecule has 2 aromatic rings. The zero-order valence-electron chi connectivity index (χ0n) is 12.5. The smallest absolute Gasteiger partial charge is 0.288 e. The van der Waals surface area contributed by atoms with Gasteiger partial charge in [0.25, 0.3) is 5.56 Å². The van der Waals surface area contributed by atoms with E-state index >= 15 is 0 Å². The van der Waals surface area contributed by atoms with E-state index in [1.165, 1.54) is 30.4 Å². The number of pyridine rings is 1. The molecule has 2 heterocycles. The monoisotopic (exact) mass is 398 g/mol. The highest BCUT2D eigenvalue weighted by atomic mass is 79.9. The summed E-state index contributed by atoms with van der Waals surface area (Å²) in [6.07, 6.45) is 1.41. The Hall–Kier alpha value is -2.62. The number of aryl methyl sites for hydroxylation is 1. The summed E-state index contributed by atoms with van der Waals surface area (Å²) in [4.78, 5) is 15.8. The fraction of sp³-hybridized carbons (Fsp3) is 0.143. The van der Waals surface area contributed by atoms with E-state index in [2.05, 4.69) is 31.7 Å². The molecule has 1 aliphatic heterocycles. The van der Waals surface area contributed by atoms with Crippen LogP contribution >= 0.6 is 15.9 Å². The minimum absolute atomic E-state index is 0.0275. The molecule has 0 unspecified atom stereocenters. The van der Waals surface area contributed by atoms with Crippen LogP contribution in [-0.4, -0.2) is 17.2 Å². The second-order valence-corrected chi connectivity index (χ2v) is 6.01. The van der Waals surface area contributed by atoms with E-state index in [9.17, 15) is 13.6 Å². The molecule has 0 spiro atoms. The zero-order valence-corrected chi connectivity index (χ0v) is 14.1. The number of nitrogens with one attached hydrogen (secondary N) is 2. The fourth-order valence-corrected chi connectivity index (χ4v) is 2.56. The van der Waals surface area contributed by atoms with Crippen molar-refractivity contribution in [2.75, 3.05) is 17.0 Å². The summed E-state index contributed by atoms with van der Waals surface area (Å²) >= 11 is 3.15. The highest BCUT2D eigenvalue weighted by molar-refractivity contribution is 9.10. The maximum absolute atomic E-state index is 14.5. The van der Waals surface area contributed by atoms with Gasteiger partial charge in [0.05, 0.1) is 5.69 Å². The maximum atomic E-state index is 14.5. The summed E-state index contributed by atoms with van der Waals surface area (Å²) in [5.41, 5.74) is 7.57. The van der Waals surface area contributed by atoms with Crippen molar-refractivity contribution < 1.29 is 8.78 Å². The number of hydrogen-bond acceptors (Lipinski definition) is 6. The number of nitrogens with two attached hydrogens (primary N) is 1. The second kappa shape index (κ2) is 6.11. The average Bonchev–Trinajstić information content (AvgIpc) is 2.96. The summed E-state index contributed by atoms with van der Waals surface area (Å²) in [5, 5.41) is 4.08. The first-order valence-electron chi connectivity index (χ1n) is 6.82. The molecule has 0 radical (unpaired) electrons. The lowest BCUT2D eigenvalue weighted by Crippen LogP contribution is -2.41. The van der Waals surface area contributed by atoms with E-state index in [0.29, 0.717) is 4.47 Å². The minimum Gasteiger partial charge on any atom is -0.369 e. The normalized spacial score (nSPS) is 13.7. The molecule has 0 amide bonds. The van der Waals surface area contributed by atoms with Crippen molar-refractivity contribution >= 4 is 39.0 Å². The van der Waals surface area contributed by atoms with Gasteiger partial charge in [-0.25, -0.2) is 9.38 Å². The molecule has 0 fully saturated rings. The first-order chi connectivity index (χ1) is 11.4. The van der Waals surface area contributed by atoms with E-state index < -0.39 is 17.2 Å². The number of nitrogens with zero attached hydrogens (tertiary/aromatic N) is 3. The molecule has 126 valence electrons. The zero-order chi connectivity index (χ0) is 17.4. The van der Waals surface area contributed by atoms with E-state index in [-0.39, 0.29) is 29.7 Å². The lowest BCUT2D eigenvalue weighted by molar-refractivity contribution is 0.592. The summed E-state index contributed by atoms with van der Waals surface area (Å²) in [5.74, 6) is -1.48. The molecule has 1 aliphatic rings. The van der Waals surface area contributed by atoms with Crippen LogP contribution in [0.4, 0.5) is 25.8 Å². The average molecular weight is 399 g/mol. The Balaban J connectivity index is 2.08. The van der Waals surface area contributed by atoms with Crippen molar-refractivity contribution in [1.82, 2.24) is 9.99 Å². The third-order valence-corrected chi connectivity index (χ3v) is 3.91. The summed E-state index contributed by atoms with van der Waals surface area (Å²) in [6.45, 7) is 0.126. The molecule has 0 saturated heterocycles. The lowest BCUT2D eigenvalue weighted by Gasteiger charge is -2.22. The summed E-state index contributed by atoms with van der Waals surface area (Å²) in [6, 6.07) is 4.26. The number of halogens is 3. The van der Waals surface area contributed by atoms with Gasteiger partial charge in [0, 0.05) is 17.7 Å². The number of benzene rings is 1. The van der Waals surface area contributed by atoms with Gasteiger partial charge in [-0.1, -0.05) is 15.9 Å². The lowest BCUT2D eigenvalue weighted by atomic mass is 10.2. The van der Waals surface area contributed by atoms with Crippen LogP contribution in [0.15, 0.2) is 38.7 Å². The predicted octanol–water partition coefficient (Wildman–Crippen LogP) is 1.77. The number of anilines is 3. The van der Waals surface area contributed by atoms with Gasteiger partial charge in [0.1, 0.15) is 23.9 Å². The van der Waals surface area contributed by atoms with Crippen LogP contribution in [0.5, 0.6) is 0 Å². The van der Waals surface area contributed by atoms with Gasteiger partial charge in [-0.05, 0) is 18.2 Å². The van der Waals surface area contributed by atoms with Crippen LogP contribution in [0, 0.1) is 11.6 Å². The standard InChI is InChI=1S/C14H13BrF2N6O/c1-22-5-10(23-6-19-14(18)21-23)12(11(17)13(22)24)20-9-3-2-7(15)4-8(9)16/h2-5,20H,6H2,1H3,(H3,18,19,21). The van der Waals surface area contributed by atoms with Crippen LogP contribution in [0.2, 0.25) is 0 Å². The van der Waals surface area contributed by atoms with Crippen molar-refractivity contribution in [2.45, 2.75) is 0 Å². The Morgan fingerprint density at radius 3 is 2.79 bits per heavy atom. The molecule has 10 heteroatoms. The number of guanidine groups is 1. The van der Waals surface area contributed by atoms with E-state index in [4.69, 9.17) is 5.73 Å². The minimum atomic E-state index is -1.04. The van der Waals surface area contributed by atoms with E-state index in [1.54, 1.807) is 6.07 Å². The van der Waals surface area contributed by atoms with Gasteiger partial charge in [-0.2, -0.15) is 4.39 Å². The van der Waals surface area contributed by atoms with E-state index in [0.717, 1.165) is 4.57 Å². The molecule has 24 heavy (non-hydrogen) atoms. The largest absolute Gasteiger partial charge is 0.369 e. The third-order valence-electron chi connectivity index (χ3n) is 3.41. The molecule has 3 rings (SSSR count). The Morgan fingerprint density at radius 1 is 1.42 bits per heavy atom. The van der Waals surface area contributed by atoms with Gasteiger partial charge >= 0.3 is 0 Å². The molecular weight excluding hydrogens is 386 g/mol. The molecule has 0 saturated carbocycles. The fourth-order valence-electron chi connectivity index (χ4n) is 2.22. The molecule has 0 aliphatic carbocycles. The van der Waals surface area contributed by atoms with E-state index in [1.807, 2.05) is 0 Å². The quantitative estimate of drug-likeness (QED) is 0.733. The van der Waals surface area contributed by atoms with Gasteiger partial charge in [0.2, 0.25) is 11.8 Å². The van der Waals surface area contributed by atoms with Crippen LogP contribution in [0.25, 0.3) is 0 Å². The van der Waals surface area contributed by atoms with Crippen LogP contribution in [-0.2, 0) is 7.05 Å². The Kier molecular flexibility index (Phi) is 4.14. The number of hydrogen-bond donors (Lipinski definition) is 3. The molecule has 7 nitrogen and oxygen atoms in total. The third kappa shape index (κ3) is 2.92. The van der Waals surface area contributed by atoms with Gasteiger partial charge < -0.3 is 15.6 Å². The molecule has 1 aromatic carbocycles. The number of aromatic nitrogens is 1. The molecular formula is C14H13BrF2N6O. The first kappa shape index (κ1) is 16.2. The molecule has 4 N–H and O–H groups in total. The van der Waals surface area contributed by atoms with Crippen molar-refractivity contribution in [3.05, 3.63) is 50.9 Å². The van der Waals surface area contributed by atoms with Crippen LogP contribution in [0.1, 0.15) is 0 Å². The number of rotatable bonds is 3. The number of hydrazine groups is 1. The molecule has 1 aromatic heterocycles. The Morgan fingerprint density at radius 2 is 2.17 bits per heavy atom. The van der Waals surface area contributed by atoms with Crippen molar-refractivity contribution in [2.24, 2.45) is 17.8 Å². The highest BCUT2D eigenvalue weighted by Gasteiger charge is 2.23. The topological polar surface area (TPSA) is 87.7 Å². The number of aliphatic imine (C=N–C) groups is 1. The SMILES string of the molecule is Cn1cc(N2CN=C(N)N2)c(Nc2ccc(Br)cc2F)c(F)c1=O. The van der Waals surface area contributed by atoms with Gasteiger partial charge in [-0.15, -0.1) is 0 Å². The van der Waals surface area contributed by atoms with Crippen LogP contribution < -0.4 is 27.0 Å². The Labute approximate surface area is 143 Å².